The molecule has 0 radical (unpaired) electrons. The van der Waals surface area contributed by atoms with Gasteiger partial charge in [-0.25, -0.2) is 14.8 Å². The van der Waals surface area contributed by atoms with Gasteiger partial charge < -0.3 is 30.9 Å². The first kappa shape index (κ1) is 26.7. The van der Waals surface area contributed by atoms with E-state index in [-0.39, 0.29) is 11.7 Å². The van der Waals surface area contributed by atoms with Crippen LogP contribution < -0.4 is 21.3 Å². The van der Waals surface area contributed by atoms with Crippen molar-refractivity contribution in [3.05, 3.63) is 41.7 Å². The minimum absolute atomic E-state index is 0.0789. The van der Waals surface area contributed by atoms with Crippen LogP contribution in [-0.4, -0.2) is 71.7 Å². The normalized spacial score (nSPS) is 19.4. The number of piperidine rings is 2. The third kappa shape index (κ3) is 7.31. The highest BCUT2D eigenvalue weighted by Gasteiger charge is 2.26. The highest BCUT2D eigenvalue weighted by molar-refractivity contribution is 5.96. The lowest BCUT2D eigenvalue weighted by molar-refractivity contribution is 0.0499. The highest BCUT2D eigenvalue weighted by atomic mass is 16.6. The third-order valence-corrected chi connectivity index (χ3v) is 6.82. The van der Waals surface area contributed by atoms with Crippen molar-refractivity contribution in [2.45, 2.75) is 64.0 Å². The molecule has 2 fully saturated rings. The first-order chi connectivity index (χ1) is 17.6. The van der Waals surface area contributed by atoms with E-state index in [1.54, 1.807) is 6.20 Å². The average molecular weight is 510 g/mol. The standard InChI is InChI=1S/C27H39N7O3/c1-27(2,3)37-26(36)31-21-6-5-13-34(17-21)22-16-29-23(24(28)35)25(32-22)30-20-9-7-18(8-10-20)19-11-14-33(4)15-12-19/h7-10,16,19,21H,5-6,11-15,17H2,1-4H3,(H2,28,35)(H,30,32)(H,31,36). The number of hydrogen-bond donors (Lipinski definition) is 3. The Bertz CT molecular complexity index is 1090. The van der Waals surface area contributed by atoms with Gasteiger partial charge in [0.25, 0.3) is 5.91 Å². The number of nitrogens with zero attached hydrogens (tertiary/aromatic N) is 4. The predicted octanol–water partition coefficient (Wildman–Crippen LogP) is 3.62. The van der Waals surface area contributed by atoms with E-state index in [0.717, 1.165) is 51.0 Å². The number of nitrogens with one attached hydrogen (secondary N) is 2. The van der Waals surface area contributed by atoms with Crippen LogP contribution in [0.25, 0.3) is 0 Å². The number of nitrogens with two attached hydrogens (primary N) is 1. The number of hydrogen-bond acceptors (Lipinski definition) is 8. The molecule has 0 bridgehead atoms. The smallest absolute Gasteiger partial charge is 0.407 e. The zero-order chi connectivity index (χ0) is 26.6. The number of aromatic nitrogens is 2. The second-order valence-corrected chi connectivity index (χ2v) is 11.0. The molecule has 2 aliphatic heterocycles. The first-order valence-corrected chi connectivity index (χ1v) is 13.0. The summed E-state index contributed by atoms with van der Waals surface area (Å²) in [5, 5.41) is 6.19. The number of likely N-dealkylation sites (tertiary alicyclic amines) is 1. The molecule has 4 N–H and O–H groups in total. The second-order valence-electron chi connectivity index (χ2n) is 11.0. The average Bonchev–Trinajstić information content (AvgIpc) is 2.84. The van der Waals surface area contributed by atoms with Gasteiger partial charge in [-0.1, -0.05) is 12.1 Å². The molecule has 0 saturated carbocycles. The molecule has 0 spiro atoms. The van der Waals surface area contributed by atoms with Gasteiger partial charge in [0, 0.05) is 24.8 Å². The Balaban J connectivity index is 1.46. The first-order valence-electron chi connectivity index (χ1n) is 13.0. The van der Waals surface area contributed by atoms with Crippen LogP contribution >= 0.6 is 0 Å². The van der Waals surface area contributed by atoms with Gasteiger partial charge in [-0.05, 0) is 90.2 Å². The molecule has 10 nitrogen and oxygen atoms in total. The molecule has 2 amide bonds. The maximum atomic E-state index is 12.2. The van der Waals surface area contributed by atoms with E-state index in [4.69, 9.17) is 15.5 Å². The molecule has 1 unspecified atom stereocenters. The van der Waals surface area contributed by atoms with Crippen LogP contribution in [-0.2, 0) is 4.74 Å². The molecule has 1 aromatic heterocycles. The quantitative estimate of drug-likeness (QED) is 0.539. The van der Waals surface area contributed by atoms with Gasteiger partial charge in [-0.3, -0.25) is 4.79 Å². The van der Waals surface area contributed by atoms with E-state index < -0.39 is 17.6 Å². The number of benzene rings is 1. The second kappa shape index (κ2) is 11.3. The number of alkyl carbamates (subject to hydrolysis) is 1. The van der Waals surface area contributed by atoms with Crippen molar-refractivity contribution >= 4 is 29.3 Å². The van der Waals surface area contributed by atoms with E-state index in [1.165, 1.54) is 5.56 Å². The Kier molecular flexibility index (Phi) is 8.16. The maximum absolute atomic E-state index is 12.2. The largest absolute Gasteiger partial charge is 0.444 e. The summed E-state index contributed by atoms with van der Waals surface area (Å²) in [4.78, 5) is 37.8. The third-order valence-electron chi connectivity index (χ3n) is 6.82. The maximum Gasteiger partial charge on any atom is 0.407 e. The Morgan fingerprint density at radius 3 is 2.43 bits per heavy atom. The van der Waals surface area contributed by atoms with Crippen LogP contribution in [0.1, 0.15) is 68.4 Å². The Morgan fingerprint density at radius 2 is 1.78 bits per heavy atom. The number of rotatable bonds is 6. The number of anilines is 3. The van der Waals surface area contributed by atoms with Crippen molar-refractivity contribution < 1.29 is 14.3 Å². The van der Waals surface area contributed by atoms with Crippen molar-refractivity contribution in [3.63, 3.8) is 0 Å². The van der Waals surface area contributed by atoms with Gasteiger partial charge in [0.1, 0.15) is 11.4 Å². The summed E-state index contributed by atoms with van der Waals surface area (Å²) >= 11 is 0. The van der Waals surface area contributed by atoms with E-state index in [2.05, 4.69) is 44.6 Å². The Morgan fingerprint density at radius 1 is 1.08 bits per heavy atom. The summed E-state index contributed by atoms with van der Waals surface area (Å²) in [7, 11) is 2.16. The van der Waals surface area contributed by atoms with Crippen LogP contribution in [0, 0.1) is 0 Å². The Labute approximate surface area is 219 Å². The number of primary amides is 1. The van der Waals surface area contributed by atoms with Gasteiger partial charge in [0.2, 0.25) is 0 Å². The fourth-order valence-corrected chi connectivity index (χ4v) is 4.89. The van der Waals surface area contributed by atoms with Gasteiger partial charge in [0.05, 0.1) is 6.20 Å². The van der Waals surface area contributed by atoms with E-state index in [9.17, 15) is 9.59 Å². The molecule has 200 valence electrons. The van der Waals surface area contributed by atoms with Crippen LogP contribution in [0.5, 0.6) is 0 Å². The van der Waals surface area contributed by atoms with Gasteiger partial charge >= 0.3 is 6.09 Å². The topological polar surface area (TPSA) is 126 Å². The lowest BCUT2D eigenvalue weighted by atomic mass is 9.89. The lowest BCUT2D eigenvalue weighted by Gasteiger charge is -2.34. The van der Waals surface area contributed by atoms with Crippen molar-refractivity contribution in [2.24, 2.45) is 5.73 Å². The van der Waals surface area contributed by atoms with E-state index in [0.29, 0.717) is 24.1 Å². The molecule has 2 saturated heterocycles. The number of carbonyl (C=O) groups excluding carboxylic acids is 2. The molecule has 3 heterocycles. The zero-order valence-electron chi connectivity index (χ0n) is 22.3. The minimum Gasteiger partial charge on any atom is -0.444 e. The molecule has 2 aromatic rings. The summed E-state index contributed by atoms with van der Waals surface area (Å²) in [6, 6.07) is 8.21. The molecular weight excluding hydrogens is 470 g/mol. The van der Waals surface area contributed by atoms with Crippen LogP contribution in [0.3, 0.4) is 0 Å². The molecule has 0 aliphatic carbocycles. The monoisotopic (exact) mass is 509 g/mol. The van der Waals surface area contributed by atoms with Crippen molar-refractivity contribution in [1.82, 2.24) is 20.2 Å². The fourth-order valence-electron chi connectivity index (χ4n) is 4.89. The van der Waals surface area contributed by atoms with Crippen molar-refractivity contribution in [2.75, 3.05) is 43.4 Å². The van der Waals surface area contributed by atoms with Gasteiger partial charge in [0.15, 0.2) is 11.5 Å². The summed E-state index contributed by atoms with van der Waals surface area (Å²) in [5.41, 5.74) is 7.27. The Hall–Kier alpha value is -3.40. The minimum atomic E-state index is -0.646. The molecule has 37 heavy (non-hydrogen) atoms. The molecule has 1 aromatic carbocycles. The number of amides is 2. The van der Waals surface area contributed by atoms with Crippen molar-refractivity contribution in [1.29, 1.82) is 0 Å². The predicted molar refractivity (Wildman–Crippen MR) is 144 cm³/mol. The van der Waals surface area contributed by atoms with E-state index in [1.807, 2.05) is 32.9 Å². The SMILES string of the molecule is CN1CCC(c2ccc(Nc3nc(N4CCCC(NC(=O)OC(C)(C)C)C4)cnc3C(N)=O)cc2)CC1. The summed E-state index contributed by atoms with van der Waals surface area (Å²) < 4.78 is 5.40. The zero-order valence-corrected chi connectivity index (χ0v) is 22.3. The fraction of sp³-hybridized carbons (Fsp3) is 0.556. The van der Waals surface area contributed by atoms with Crippen LogP contribution in [0.4, 0.5) is 22.1 Å². The number of carbonyl (C=O) groups is 2. The lowest BCUT2D eigenvalue weighted by Crippen LogP contribution is -2.49. The van der Waals surface area contributed by atoms with Crippen LogP contribution in [0.15, 0.2) is 30.5 Å². The van der Waals surface area contributed by atoms with Gasteiger partial charge in [-0.15, -0.1) is 0 Å². The molecule has 2 aliphatic rings. The molecule has 4 rings (SSSR count). The summed E-state index contributed by atoms with van der Waals surface area (Å²) in [6.07, 6.45) is 5.16. The number of ether oxygens (including phenoxy) is 1. The van der Waals surface area contributed by atoms with E-state index >= 15 is 0 Å². The van der Waals surface area contributed by atoms with Crippen molar-refractivity contribution in [3.8, 4) is 0 Å². The highest BCUT2D eigenvalue weighted by Crippen LogP contribution is 2.29. The molecule has 10 heteroatoms. The molecular formula is C27H39N7O3. The summed E-state index contributed by atoms with van der Waals surface area (Å²) in [5.74, 6) is 0.855. The molecule has 1 atom stereocenters. The van der Waals surface area contributed by atoms with Gasteiger partial charge in [-0.2, -0.15) is 0 Å². The van der Waals surface area contributed by atoms with Crippen LogP contribution in [0.2, 0.25) is 0 Å². The summed E-state index contributed by atoms with van der Waals surface area (Å²) in [6.45, 7) is 9.07.